The van der Waals surface area contributed by atoms with Gasteiger partial charge in [-0.1, -0.05) is 117 Å². The number of aromatic nitrogens is 3. The van der Waals surface area contributed by atoms with Crippen molar-refractivity contribution in [1.29, 1.82) is 0 Å². The molecule has 0 unspecified atom stereocenters. The first kappa shape index (κ1) is 26.1. The molecule has 0 aliphatic carbocycles. The summed E-state index contributed by atoms with van der Waals surface area (Å²) >= 11 is 0. The lowest BCUT2D eigenvalue weighted by Crippen LogP contribution is -2.26. The topological polar surface area (TPSA) is 14.8 Å². The summed E-state index contributed by atoms with van der Waals surface area (Å²) in [7, 11) is 0. The van der Waals surface area contributed by atoms with Crippen LogP contribution in [0.25, 0.3) is 82.5 Å². The van der Waals surface area contributed by atoms with Crippen LogP contribution in [0.4, 0.5) is 0 Å². The van der Waals surface area contributed by atoms with Gasteiger partial charge in [0, 0.05) is 49.1 Å². The number of nitrogens with zero attached hydrogens (tertiary/aromatic N) is 3. The van der Waals surface area contributed by atoms with Crippen LogP contribution in [-0.4, -0.2) is 13.7 Å². The quantitative estimate of drug-likeness (QED) is 0.184. The summed E-state index contributed by atoms with van der Waals surface area (Å²) in [6, 6.07) is 56.0. The van der Waals surface area contributed by atoms with Gasteiger partial charge in [-0.25, -0.2) is 0 Å². The van der Waals surface area contributed by atoms with Crippen LogP contribution < -0.4 is 0 Å². The van der Waals surface area contributed by atoms with E-state index >= 15 is 0 Å². The number of para-hydroxylation sites is 5. The second-order valence-electron chi connectivity index (χ2n) is 13.8. The van der Waals surface area contributed by atoms with Crippen molar-refractivity contribution in [3.63, 3.8) is 0 Å². The third-order valence-electron chi connectivity index (χ3n) is 11.0. The second-order valence-corrected chi connectivity index (χ2v) is 13.8. The molecule has 1 aliphatic heterocycles. The Morgan fingerprint density at radius 2 is 0.854 bits per heavy atom. The summed E-state index contributed by atoms with van der Waals surface area (Å²) in [5.41, 5.74) is 13.6. The van der Waals surface area contributed by atoms with Gasteiger partial charge in [0.05, 0.1) is 38.8 Å². The zero-order valence-corrected chi connectivity index (χ0v) is 26.8. The van der Waals surface area contributed by atoms with Crippen LogP contribution in [0.1, 0.15) is 25.0 Å². The number of benzene rings is 7. The molecule has 0 N–H and O–H groups in total. The summed E-state index contributed by atoms with van der Waals surface area (Å²) < 4.78 is 7.52. The van der Waals surface area contributed by atoms with Crippen molar-refractivity contribution in [2.24, 2.45) is 0 Å². The summed E-state index contributed by atoms with van der Waals surface area (Å²) in [6.45, 7) is 4.78. The zero-order valence-electron chi connectivity index (χ0n) is 26.8. The predicted molar refractivity (Wildman–Crippen MR) is 202 cm³/mol. The van der Waals surface area contributed by atoms with Gasteiger partial charge in [-0.2, -0.15) is 0 Å². The van der Waals surface area contributed by atoms with Gasteiger partial charge < -0.3 is 13.7 Å². The zero-order chi connectivity index (χ0) is 31.7. The normalized spacial score (nSPS) is 13.8. The van der Waals surface area contributed by atoms with Gasteiger partial charge in [-0.15, -0.1) is 0 Å². The Hall–Kier alpha value is -6.06. The van der Waals surface area contributed by atoms with Gasteiger partial charge in [0.2, 0.25) is 0 Å². The molecule has 48 heavy (non-hydrogen) atoms. The van der Waals surface area contributed by atoms with Crippen LogP contribution >= 0.6 is 0 Å². The molecule has 10 aromatic rings. The van der Waals surface area contributed by atoms with Crippen molar-refractivity contribution in [2.45, 2.75) is 19.3 Å². The van der Waals surface area contributed by atoms with Gasteiger partial charge in [0.1, 0.15) is 0 Å². The molecule has 1 aliphatic rings. The van der Waals surface area contributed by atoms with E-state index in [1.54, 1.807) is 0 Å². The third-order valence-corrected chi connectivity index (χ3v) is 11.0. The molecule has 0 spiro atoms. The van der Waals surface area contributed by atoms with Crippen molar-refractivity contribution < 1.29 is 0 Å². The Morgan fingerprint density at radius 1 is 0.354 bits per heavy atom. The lowest BCUT2D eigenvalue weighted by atomic mass is 9.74. The average molecular weight is 614 g/mol. The molecular formula is C45H31N3. The fourth-order valence-electron chi connectivity index (χ4n) is 8.89. The highest BCUT2D eigenvalue weighted by Gasteiger charge is 2.36. The fraction of sp³-hybridized carbons (Fsp3) is 0.0667. The SMILES string of the molecule is CC1(C)c2ccccc2-n2c3ccccc3c3cc(-n4c5ccccc5c5ccc6c7ccccc7n(-c7ccccc7)c6c54)cc1c32. The van der Waals surface area contributed by atoms with Crippen molar-refractivity contribution in [3.05, 3.63) is 163 Å². The van der Waals surface area contributed by atoms with Gasteiger partial charge >= 0.3 is 0 Å². The fourth-order valence-corrected chi connectivity index (χ4v) is 8.89. The highest BCUT2D eigenvalue weighted by Crippen LogP contribution is 2.49. The molecular weight excluding hydrogens is 583 g/mol. The van der Waals surface area contributed by atoms with E-state index in [0.29, 0.717) is 0 Å². The molecule has 3 heteroatoms. The summed E-state index contributed by atoms with van der Waals surface area (Å²) in [4.78, 5) is 0. The molecule has 4 heterocycles. The van der Waals surface area contributed by atoms with E-state index in [2.05, 4.69) is 179 Å². The molecule has 0 bridgehead atoms. The van der Waals surface area contributed by atoms with Gasteiger partial charge in [-0.3, -0.25) is 0 Å². The molecule has 11 rings (SSSR count). The van der Waals surface area contributed by atoms with Crippen molar-refractivity contribution in [3.8, 4) is 17.1 Å². The standard InChI is InChI=1S/C45H31N3/c1-45(2)36-19-9-13-23-41(36)48-40-22-12-8-18-32(40)35-26-29(27-37(45)42(35)48)47-39-21-11-7-17-31(39)34-25-24-33-30-16-6-10-20-38(30)46(43(33)44(34)47)28-14-4-3-5-15-28/h3-27H,1-2H3. The van der Waals surface area contributed by atoms with Crippen LogP contribution in [0.2, 0.25) is 0 Å². The van der Waals surface area contributed by atoms with Crippen LogP contribution in [0.5, 0.6) is 0 Å². The molecule has 0 saturated carbocycles. The van der Waals surface area contributed by atoms with Crippen molar-refractivity contribution >= 4 is 65.4 Å². The molecule has 0 fully saturated rings. The number of rotatable bonds is 2. The van der Waals surface area contributed by atoms with Crippen LogP contribution in [0, 0.1) is 0 Å². The van der Waals surface area contributed by atoms with E-state index in [9.17, 15) is 0 Å². The van der Waals surface area contributed by atoms with Gasteiger partial charge in [0.15, 0.2) is 0 Å². The number of fused-ring (bicyclic) bond motifs is 12. The molecule has 7 aromatic carbocycles. The molecule has 0 atom stereocenters. The Bertz CT molecular complexity index is 2970. The minimum Gasteiger partial charge on any atom is -0.309 e. The van der Waals surface area contributed by atoms with E-state index < -0.39 is 0 Å². The van der Waals surface area contributed by atoms with Crippen LogP contribution in [-0.2, 0) is 5.41 Å². The smallest absolute Gasteiger partial charge is 0.0788 e. The van der Waals surface area contributed by atoms with Crippen LogP contribution in [0.3, 0.4) is 0 Å². The lowest BCUT2D eigenvalue weighted by molar-refractivity contribution is 0.630. The lowest BCUT2D eigenvalue weighted by Gasteiger charge is -2.35. The van der Waals surface area contributed by atoms with Crippen molar-refractivity contribution in [2.75, 3.05) is 0 Å². The molecule has 226 valence electrons. The van der Waals surface area contributed by atoms with Crippen LogP contribution in [0.15, 0.2) is 152 Å². The molecule has 0 saturated heterocycles. The van der Waals surface area contributed by atoms with E-state index in [-0.39, 0.29) is 5.41 Å². The maximum Gasteiger partial charge on any atom is 0.0788 e. The van der Waals surface area contributed by atoms with E-state index in [4.69, 9.17) is 0 Å². The largest absolute Gasteiger partial charge is 0.309 e. The first-order valence-electron chi connectivity index (χ1n) is 16.8. The molecule has 0 amide bonds. The first-order valence-corrected chi connectivity index (χ1v) is 16.8. The summed E-state index contributed by atoms with van der Waals surface area (Å²) in [6.07, 6.45) is 0. The van der Waals surface area contributed by atoms with E-state index in [1.807, 2.05) is 0 Å². The Kier molecular flexibility index (Phi) is 4.91. The highest BCUT2D eigenvalue weighted by molar-refractivity contribution is 6.24. The van der Waals surface area contributed by atoms with E-state index in [0.717, 1.165) is 0 Å². The Labute approximate surface area is 277 Å². The van der Waals surface area contributed by atoms with Gasteiger partial charge in [-0.05, 0) is 59.7 Å². The Morgan fingerprint density at radius 3 is 1.50 bits per heavy atom. The molecule has 3 aromatic heterocycles. The monoisotopic (exact) mass is 613 g/mol. The number of hydrogen-bond acceptors (Lipinski definition) is 0. The molecule has 3 nitrogen and oxygen atoms in total. The predicted octanol–water partition coefficient (Wildman–Crippen LogP) is 11.6. The number of hydrogen-bond donors (Lipinski definition) is 0. The maximum atomic E-state index is 2.55. The Balaban J connectivity index is 1.37. The third kappa shape index (κ3) is 3.14. The molecule has 0 radical (unpaired) electrons. The minimum absolute atomic E-state index is 0.192. The van der Waals surface area contributed by atoms with Crippen molar-refractivity contribution in [1.82, 2.24) is 13.7 Å². The summed E-state index contributed by atoms with van der Waals surface area (Å²) in [5, 5.41) is 7.63. The summed E-state index contributed by atoms with van der Waals surface area (Å²) in [5.74, 6) is 0. The average Bonchev–Trinajstić information content (AvgIpc) is 3.77. The van der Waals surface area contributed by atoms with Gasteiger partial charge in [0.25, 0.3) is 0 Å². The maximum absolute atomic E-state index is 2.55. The highest BCUT2D eigenvalue weighted by atomic mass is 15.1. The first-order chi connectivity index (χ1) is 23.6. The second kappa shape index (κ2) is 9.05. The van der Waals surface area contributed by atoms with E-state index in [1.165, 1.54) is 93.6 Å². The minimum atomic E-state index is -0.192.